The fraction of sp³-hybridized carbons (Fsp3) is 0.625. The highest BCUT2D eigenvalue weighted by Gasteiger charge is 2.24. The molecule has 0 bridgehead atoms. The maximum absolute atomic E-state index is 12.5. The molecule has 1 aromatic rings. The van der Waals surface area contributed by atoms with Crippen molar-refractivity contribution >= 4 is 23.3 Å². The highest BCUT2D eigenvalue weighted by molar-refractivity contribution is 6.33. The number of carbonyl (C=O) groups is 1. The lowest BCUT2D eigenvalue weighted by Gasteiger charge is -2.29. The number of amides is 1. The van der Waals surface area contributed by atoms with Gasteiger partial charge in [0.15, 0.2) is 0 Å². The molecule has 4 nitrogen and oxygen atoms in total. The largest absolute Gasteiger partial charge is 0.370 e. The molecular formula is C16H24ClN3O. The average Bonchev–Trinajstić information content (AvgIpc) is 2.48. The van der Waals surface area contributed by atoms with Crippen LogP contribution in [0.1, 0.15) is 56.3 Å². The molecule has 5 heteroatoms. The Morgan fingerprint density at radius 1 is 1.43 bits per heavy atom. The van der Waals surface area contributed by atoms with E-state index in [0.717, 1.165) is 19.4 Å². The number of nitrogens with zero attached hydrogens (tertiary/aromatic N) is 1. The Bertz CT molecular complexity index is 492. The first kappa shape index (κ1) is 16.1. The second kappa shape index (κ2) is 7.64. The van der Waals surface area contributed by atoms with Crippen molar-refractivity contribution in [3.63, 3.8) is 0 Å². The molecule has 1 amide bonds. The third-order valence-electron chi connectivity index (χ3n) is 4.08. The van der Waals surface area contributed by atoms with Crippen LogP contribution in [0, 0.1) is 5.92 Å². The van der Waals surface area contributed by atoms with Gasteiger partial charge in [-0.2, -0.15) is 0 Å². The molecule has 2 N–H and O–H groups in total. The molecule has 116 valence electrons. The SMILES string of the molecule is CCCNc1cc(C(=O)NC2CCCCC2C)c(Cl)cn1. The van der Waals surface area contributed by atoms with E-state index in [0.29, 0.717) is 22.3 Å². The monoisotopic (exact) mass is 309 g/mol. The highest BCUT2D eigenvalue weighted by atomic mass is 35.5. The summed E-state index contributed by atoms with van der Waals surface area (Å²) in [7, 11) is 0. The van der Waals surface area contributed by atoms with Gasteiger partial charge in [-0.15, -0.1) is 0 Å². The second-order valence-corrected chi connectivity index (χ2v) is 6.23. The molecule has 2 atom stereocenters. The van der Waals surface area contributed by atoms with Gasteiger partial charge in [-0.25, -0.2) is 4.98 Å². The zero-order valence-corrected chi connectivity index (χ0v) is 13.5. The number of carbonyl (C=O) groups excluding carboxylic acids is 1. The van der Waals surface area contributed by atoms with E-state index in [9.17, 15) is 4.79 Å². The lowest BCUT2D eigenvalue weighted by molar-refractivity contribution is 0.0910. The fourth-order valence-corrected chi connectivity index (χ4v) is 2.93. The summed E-state index contributed by atoms with van der Waals surface area (Å²) in [4.78, 5) is 16.7. The third kappa shape index (κ3) is 4.34. The summed E-state index contributed by atoms with van der Waals surface area (Å²) in [6.45, 7) is 5.11. The number of anilines is 1. The summed E-state index contributed by atoms with van der Waals surface area (Å²) < 4.78 is 0. The van der Waals surface area contributed by atoms with Crippen LogP contribution in [0.5, 0.6) is 0 Å². The Morgan fingerprint density at radius 3 is 2.90 bits per heavy atom. The van der Waals surface area contributed by atoms with Crippen LogP contribution < -0.4 is 10.6 Å². The van der Waals surface area contributed by atoms with Gasteiger partial charge in [-0.1, -0.05) is 38.3 Å². The number of rotatable bonds is 5. The molecule has 0 aliphatic heterocycles. The van der Waals surface area contributed by atoms with Crippen LogP contribution in [0.4, 0.5) is 5.82 Å². The highest BCUT2D eigenvalue weighted by Crippen LogP contribution is 2.25. The standard InChI is InChI=1S/C16H24ClN3O/c1-3-8-18-15-9-12(13(17)10-19-15)16(21)20-14-7-5-4-6-11(14)2/h9-11,14H,3-8H2,1-2H3,(H,18,19)(H,20,21). The van der Waals surface area contributed by atoms with Crippen LogP contribution in [0.25, 0.3) is 0 Å². The minimum absolute atomic E-state index is 0.0966. The zero-order valence-electron chi connectivity index (χ0n) is 12.8. The predicted molar refractivity (Wildman–Crippen MR) is 86.9 cm³/mol. The van der Waals surface area contributed by atoms with Crippen molar-refractivity contribution in [3.05, 3.63) is 22.8 Å². The molecule has 1 saturated carbocycles. The number of nitrogens with one attached hydrogen (secondary N) is 2. The van der Waals surface area contributed by atoms with Gasteiger partial charge >= 0.3 is 0 Å². The van der Waals surface area contributed by atoms with E-state index >= 15 is 0 Å². The van der Waals surface area contributed by atoms with E-state index in [1.807, 2.05) is 0 Å². The van der Waals surface area contributed by atoms with E-state index < -0.39 is 0 Å². The minimum Gasteiger partial charge on any atom is -0.370 e. The van der Waals surface area contributed by atoms with Crippen LogP contribution in [0.15, 0.2) is 12.3 Å². The smallest absolute Gasteiger partial charge is 0.253 e. The van der Waals surface area contributed by atoms with Crippen LogP contribution >= 0.6 is 11.6 Å². The van der Waals surface area contributed by atoms with E-state index in [2.05, 4.69) is 29.5 Å². The third-order valence-corrected chi connectivity index (χ3v) is 4.39. The van der Waals surface area contributed by atoms with Gasteiger partial charge in [-0.3, -0.25) is 4.79 Å². The lowest BCUT2D eigenvalue weighted by Crippen LogP contribution is -2.41. The molecule has 1 aliphatic carbocycles. The average molecular weight is 310 g/mol. The van der Waals surface area contributed by atoms with Crippen molar-refractivity contribution in [3.8, 4) is 0 Å². The molecule has 0 aromatic carbocycles. The number of hydrogen-bond donors (Lipinski definition) is 2. The van der Waals surface area contributed by atoms with Crippen molar-refractivity contribution in [1.29, 1.82) is 0 Å². The van der Waals surface area contributed by atoms with Crippen molar-refractivity contribution in [2.24, 2.45) is 5.92 Å². The van der Waals surface area contributed by atoms with E-state index in [4.69, 9.17) is 11.6 Å². The van der Waals surface area contributed by atoms with Crippen molar-refractivity contribution in [1.82, 2.24) is 10.3 Å². The quantitative estimate of drug-likeness (QED) is 0.868. The Labute approximate surface area is 131 Å². The predicted octanol–water partition coefficient (Wildman–Crippen LogP) is 3.87. The van der Waals surface area contributed by atoms with Crippen molar-refractivity contribution in [2.45, 2.75) is 52.0 Å². The Hall–Kier alpha value is -1.29. The zero-order chi connectivity index (χ0) is 15.2. The first-order valence-corrected chi connectivity index (χ1v) is 8.20. The summed E-state index contributed by atoms with van der Waals surface area (Å²) in [5.41, 5.74) is 0.503. The molecular weight excluding hydrogens is 286 g/mol. The maximum atomic E-state index is 12.5. The molecule has 1 heterocycles. The van der Waals surface area contributed by atoms with Gasteiger partial charge < -0.3 is 10.6 Å². The molecule has 0 saturated heterocycles. The summed E-state index contributed by atoms with van der Waals surface area (Å²) in [5.74, 6) is 1.13. The fourth-order valence-electron chi connectivity index (χ4n) is 2.74. The molecule has 2 rings (SSSR count). The Morgan fingerprint density at radius 2 is 2.19 bits per heavy atom. The summed E-state index contributed by atoms with van der Waals surface area (Å²) in [6.07, 6.45) is 7.22. The van der Waals surface area contributed by atoms with E-state index in [-0.39, 0.29) is 11.9 Å². The normalized spacial score (nSPS) is 21.9. The molecule has 0 spiro atoms. The van der Waals surface area contributed by atoms with Gasteiger partial charge in [0, 0.05) is 18.8 Å². The second-order valence-electron chi connectivity index (χ2n) is 5.82. The van der Waals surface area contributed by atoms with Crippen LogP contribution in [0.3, 0.4) is 0 Å². The molecule has 1 aromatic heterocycles. The first-order valence-electron chi connectivity index (χ1n) is 7.82. The number of aromatic nitrogens is 1. The summed E-state index contributed by atoms with van der Waals surface area (Å²) in [6, 6.07) is 1.99. The van der Waals surface area contributed by atoms with Gasteiger partial charge in [0.1, 0.15) is 5.82 Å². The number of hydrogen-bond acceptors (Lipinski definition) is 3. The van der Waals surface area contributed by atoms with Crippen molar-refractivity contribution in [2.75, 3.05) is 11.9 Å². The summed E-state index contributed by atoms with van der Waals surface area (Å²) in [5, 5.41) is 6.71. The topological polar surface area (TPSA) is 54.0 Å². The Kier molecular flexibility index (Phi) is 5.85. The number of pyridine rings is 1. The van der Waals surface area contributed by atoms with Crippen molar-refractivity contribution < 1.29 is 4.79 Å². The lowest BCUT2D eigenvalue weighted by atomic mass is 9.86. The van der Waals surface area contributed by atoms with E-state index in [1.54, 1.807) is 12.3 Å². The molecule has 21 heavy (non-hydrogen) atoms. The summed E-state index contributed by atoms with van der Waals surface area (Å²) >= 11 is 6.13. The molecule has 1 fully saturated rings. The number of halogens is 1. The van der Waals surface area contributed by atoms with Gasteiger partial charge in [0.25, 0.3) is 5.91 Å². The van der Waals surface area contributed by atoms with Crippen LogP contribution in [-0.2, 0) is 0 Å². The maximum Gasteiger partial charge on any atom is 0.253 e. The van der Waals surface area contributed by atoms with E-state index in [1.165, 1.54) is 19.3 Å². The van der Waals surface area contributed by atoms with Gasteiger partial charge in [0.2, 0.25) is 0 Å². The van der Waals surface area contributed by atoms with Crippen LogP contribution in [-0.4, -0.2) is 23.5 Å². The van der Waals surface area contributed by atoms with Gasteiger partial charge in [-0.05, 0) is 31.2 Å². The van der Waals surface area contributed by atoms with Crippen LogP contribution in [0.2, 0.25) is 5.02 Å². The van der Waals surface area contributed by atoms with Gasteiger partial charge in [0.05, 0.1) is 10.6 Å². The molecule has 2 unspecified atom stereocenters. The molecule has 1 aliphatic rings. The first-order chi connectivity index (χ1) is 10.1. The Balaban J connectivity index is 2.06. The molecule has 0 radical (unpaired) electrons. The minimum atomic E-state index is -0.0966.